The predicted octanol–water partition coefficient (Wildman–Crippen LogP) is 2.42. The number of aliphatic hydroxyl groups is 1. The van der Waals surface area contributed by atoms with E-state index in [1.165, 1.54) is 0 Å². The van der Waals surface area contributed by atoms with E-state index in [1.807, 2.05) is 18.2 Å². The minimum atomic E-state index is -0.113. The highest BCUT2D eigenvalue weighted by atomic mass is 79.9. The lowest BCUT2D eigenvalue weighted by Gasteiger charge is -2.23. The summed E-state index contributed by atoms with van der Waals surface area (Å²) in [4.78, 5) is 2.35. The van der Waals surface area contributed by atoms with Gasteiger partial charge >= 0.3 is 0 Å². The molecule has 0 saturated carbocycles. The zero-order chi connectivity index (χ0) is 15.0. The quantitative estimate of drug-likeness (QED) is 0.722. The topological polar surface area (TPSA) is 44.7 Å². The number of aliphatic hydroxyl groups excluding tert-OH is 1. The summed E-state index contributed by atoms with van der Waals surface area (Å²) in [5.41, 5.74) is 0.976. The Morgan fingerprint density at radius 1 is 1.35 bits per heavy atom. The van der Waals surface area contributed by atoms with Gasteiger partial charge in [0.05, 0.1) is 19.8 Å². The first-order valence-electron chi connectivity index (χ1n) is 7.06. The fraction of sp³-hybridized carbons (Fsp3) is 0.600. The molecule has 1 rings (SSSR count). The minimum Gasteiger partial charge on any atom is -0.496 e. The fourth-order valence-corrected chi connectivity index (χ4v) is 2.57. The van der Waals surface area contributed by atoms with Gasteiger partial charge in [-0.25, -0.2) is 0 Å². The minimum absolute atomic E-state index is 0.0467. The van der Waals surface area contributed by atoms with Gasteiger partial charge < -0.3 is 20.1 Å². The van der Waals surface area contributed by atoms with E-state index in [-0.39, 0.29) is 12.6 Å². The Labute approximate surface area is 130 Å². The van der Waals surface area contributed by atoms with E-state index in [4.69, 9.17) is 4.74 Å². The Balaban J connectivity index is 2.68. The molecule has 0 spiro atoms. The van der Waals surface area contributed by atoms with E-state index in [9.17, 15) is 5.11 Å². The van der Waals surface area contributed by atoms with Crippen LogP contribution in [0.25, 0.3) is 0 Å². The molecule has 0 amide bonds. The van der Waals surface area contributed by atoms with Gasteiger partial charge in [0.15, 0.2) is 0 Å². The summed E-state index contributed by atoms with van der Waals surface area (Å²) in [5, 5.41) is 13.0. The third kappa shape index (κ3) is 5.05. The predicted molar refractivity (Wildman–Crippen MR) is 86.3 cm³/mol. The molecule has 0 aromatic heterocycles. The van der Waals surface area contributed by atoms with Crippen molar-refractivity contribution in [3.8, 4) is 5.75 Å². The van der Waals surface area contributed by atoms with Crippen LogP contribution >= 0.6 is 15.9 Å². The number of nitrogens with zero attached hydrogens (tertiary/aromatic N) is 1. The van der Waals surface area contributed by atoms with Gasteiger partial charge in [-0.05, 0) is 31.3 Å². The normalized spacial score (nSPS) is 12.7. The van der Waals surface area contributed by atoms with Gasteiger partial charge in [-0.15, -0.1) is 0 Å². The average Bonchev–Trinajstić information content (AvgIpc) is 2.47. The first-order valence-corrected chi connectivity index (χ1v) is 7.85. The summed E-state index contributed by atoms with van der Waals surface area (Å²) in [7, 11) is 1.65. The molecule has 0 radical (unpaired) electrons. The van der Waals surface area contributed by atoms with E-state index >= 15 is 0 Å². The molecular weight excluding hydrogens is 320 g/mol. The first-order chi connectivity index (χ1) is 9.65. The van der Waals surface area contributed by atoms with Crippen molar-refractivity contribution in [3.63, 3.8) is 0 Å². The molecule has 0 heterocycles. The molecule has 0 aliphatic carbocycles. The van der Waals surface area contributed by atoms with Gasteiger partial charge in [0.2, 0.25) is 0 Å². The van der Waals surface area contributed by atoms with E-state index in [2.05, 4.69) is 40.0 Å². The van der Waals surface area contributed by atoms with Crippen LogP contribution in [0.3, 0.4) is 0 Å². The summed E-state index contributed by atoms with van der Waals surface area (Å²) in [6.45, 7) is 8.26. The molecule has 0 aliphatic heterocycles. The Kier molecular flexibility index (Phi) is 8.14. The van der Waals surface area contributed by atoms with Gasteiger partial charge in [-0.2, -0.15) is 0 Å². The van der Waals surface area contributed by atoms with Crippen LogP contribution in [0.2, 0.25) is 0 Å². The summed E-state index contributed by atoms with van der Waals surface area (Å²) in [6, 6.07) is 5.73. The molecule has 20 heavy (non-hydrogen) atoms. The highest BCUT2D eigenvalue weighted by Gasteiger charge is 2.15. The largest absolute Gasteiger partial charge is 0.496 e. The number of halogens is 1. The Bertz CT molecular complexity index is 397. The van der Waals surface area contributed by atoms with Gasteiger partial charge in [-0.3, -0.25) is 0 Å². The zero-order valence-electron chi connectivity index (χ0n) is 12.5. The molecule has 0 aliphatic rings. The first kappa shape index (κ1) is 17.4. The van der Waals surface area contributed by atoms with Gasteiger partial charge in [-0.1, -0.05) is 29.8 Å². The van der Waals surface area contributed by atoms with Crippen molar-refractivity contribution in [2.45, 2.75) is 19.9 Å². The smallest absolute Gasteiger partial charge is 0.123 e. The lowest BCUT2D eigenvalue weighted by molar-refractivity contribution is 0.230. The fourth-order valence-electron chi connectivity index (χ4n) is 2.19. The second-order valence-electron chi connectivity index (χ2n) is 4.60. The molecular formula is C15H25BrN2O2. The molecule has 1 aromatic carbocycles. The molecule has 1 aromatic rings. The van der Waals surface area contributed by atoms with Crippen LogP contribution in [0.4, 0.5) is 0 Å². The summed E-state index contributed by atoms with van der Waals surface area (Å²) in [5.74, 6) is 0.794. The van der Waals surface area contributed by atoms with Crippen LogP contribution in [0.15, 0.2) is 22.7 Å². The SMILES string of the molecule is CCN(CC)CCNC(CO)c1cc(Br)ccc1OC. The molecule has 2 N–H and O–H groups in total. The van der Waals surface area contributed by atoms with Crippen molar-refractivity contribution in [3.05, 3.63) is 28.2 Å². The molecule has 1 unspecified atom stereocenters. The average molecular weight is 345 g/mol. The number of rotatable bonds is 9. The molecule has 1 atom stereocenters. The van der Waals surface area contributed by atoms with Gasteiger partial charge in [0.1, 0.15) is 5.75 Å². The van der Waals surface area contributed by atoms with E-state index in [0.29, 0.717) is 0 Å². The van der Waals surface area contributed by atoms with Crippen molar-refractivity contribution >= 4 is 15.9 Å². The maximum absolute atomic E-state index is 9.62. The van der Waals surface area contributed by atoms with E-state index in [1.54, 1.807) is 7.11 Å². The van der Waals surface area contributed by atoms with E-state index in [0.717, 1.165) is 42.0 Å². The highest BCUT2D eigenvalue weighted by molar-refractivity contribution is 9.10. The van der Waals surface area contributed by atoms with Gasteiger partial charge in [0.25, 0.3) is 0 Å². The Morgan fingerprint density at radius 2 is 2.05 bits per heavy atom. The number of methoxy groups -OCH3 is 1. The molecule has 114 valence electrons. The highest BCUT2D eigenvalue weighted by Crippen LogP contribution is 2.28. The molecule has 0 bridgehead atoms. The zero-order valence-corrected chi connectivity index (χ0v) is 14.1. The van der Waals surface area contributed by atoms with Crippen LogP contribution < -0.4 is 10.1 Å². The maximum atomic E-state index is 9.62. The number of likely N-dealkylation sites (N-methyl/N-ethyl adjacent to an activating group) is 1. The number of hydrogen-bond donors (Lipinski definition) is 2. The number of nitrogens with one attached hydrogen (secondary N) is 1. The number of ether oxygens (including phenoxy) is 1. The molecule has 0 fully saturated rings. The van der Waals surface area contributed by atoms with Crippen molar-refractivity contribution in [1.82, 2.24) is 10.2 Å². The third-order valence-electron chi connectivity index (χ3n) is 3.46. The molecule has 0 saturated heterocycles. The summed E-state index contributed by atoms with van der Waals surface area (Å²) < 4.78 is 6.35. The van der Waals surface area contributed by atoms with Crippen LogP contribution in [0.1, 0.15) is 25.5 Å². The third-order valence-corrected chi connectivity index (χ3v) is 3.96. The standard InChI is InChI=1S/C15H25BrN2O2/c1-4-18(5-2)9-8-17-14(11-19)13-10-12(16)6-7-15(13)20-3/h6-7,10,14,17,19H,4-5,8-9,11H2,1-3H3. The van der Waals surface area contributed by atoms with Crippen LogP contribution in [0.5, 0.6) is 5.75 Å². The van der Waals surface area contributed by atoms with E-state index < -0.39 is 0 Å². The Hall–Kier alpha value is -0.620. The number of hydrogen-bond acceptors (Lipinski definition) is 4. The Morgan fingerprint density at radius 3 is 2.60 bits per heavy atom. The summed E-state index contributed by atoms with van der Waals surface area (Å²) >= 11 is 3.46. The summed E-state index contributed by atoms with van der Waals surface area (Å²) in [6.07, 6.45) is 0. The number of benzene rings is 1. The molecule has 4 nitrogen and oxygen atoms in total. The van der Waals surface area contributed by atoms with Crippen molar-refractivity contribution < 1.29 is 9.84 Å². The van der Waals surface area contributed by atoms with Crippen molar-refractivity contribution in [2.75, 3.05) is 39.9 Å². The van der Waals surface area contributed by atoms with Crippen LogP contribution in [-0.4, -0.2) is 49.9 Å². The monoisotopic (exact) mass is 344 g/mol. The second-order valence-corrected chi connectivity index (χ2v) is 5.52. The maximum Gasteiger partial charge on any atom is 0.123 e. The van der Waals surface area contributed by atoms with Crippen LogP contribution in [-0.2, 0) is 0 Å². The lowest BCUT2D eigenvalue weighted by atomic mass is 10.1. The van der Waals surface area contributed by atoms with Crippen molar-refractivity contribution in [1.29, 1.82) is 0 Å². The van der Waals surface area contributed by atoms with Crippen LogP contribution in [0, 0.1) is 0 Å². The van der Waals surface area contributed by atoms with Crippen molar-refractivity contribution in [2.24, 2.45) is 0 Å². The van der Waals surface area contributed by atoms with Gasteiger partial charge in [0, 0.05) is 23.1 Å². The molecule has 5 heteroatoms. The second kappa shape index (κ2) is 9.34. The lowest BCUT2D eigenvalue weighted by Crippen LogP contribution is -2.34.